The topological polar surface area (TPSA) is 114 Å². The first-order valence-corrected chi connectivity index (χ1v) is 7.07. The molecule has 1 amide bonds. The molecule has 114 valence electrons. The van der Waals surface area contributed by atoms with Crippen molar-refractivity contribution in [3.63, 3.8) is 0 Å². The zero-order valence-electron chi connectivity index (χ0n) is 11.7. The molecular formula is C13H14ClN7O. The monoisotopic (exact) mass is 319 g/mol. The lowest BCUT2D eigenvalue weighted by Crippen LogP contribution is -2.29. The molecule has 3 heterocycles. The van der Waals surface area contributed by atoms with Crippen molar-refractivity contribution >= 4 is 29.1 Å². The van der Waals surface area contributed by atoms with Crippen molar-refractivity contribution in [2.75, 3.05) is 5.73 Å². The first-order valence-electron chi connectivity index (χ1n) is 6.70. The predicted octanol–water partition coefficient (Wildman–Crippen LogP) is 1.57. The number of hydrogen-bond acceptors (Lipinski definition) is 5. The molecule has 22 heavy (non-hydrogen) atoms. The summed E-state index contributed by atoms with van der Waals surface area (Å²) in [6, 6.07) is 1.54. The number of nitrogen functional groups attached to an aromatic ring is 1. The maximum Gasteiger partial charge on any atom is 0.271 e. The average molecular weight is 320 g/mol. The number of nitrogens with one attached hydrogen (secondary N) is 2. The summed E-state index contributed by atoms with van der Waals surface area (Å²) in [5.74, 6) is 0.289. The predicted molar refractivity (Wildman–Crippen MR) is 81.5 cm³/mol. The van der Waals surface area contributed by atoms with Gasteiger partial charge < -0.3 is 11.1 Å². The molecule has 3 aromatic heterocycles. The van der Waals surface area contributed by atoms with Crippen LogP contribution in [0.3, 0.4) is 0 Å². The normalized spacial score (nSPS) is 12.5. The highest BCUT2D eigenvalue weighted by Crippen LogP contribution is 2.22. The standard InChI is InChI=1S/C13H14ClN7O/c1-2-7(8-6-21-5-3-4-16-13(21)18-8)17-12(22)10-9(14)11(15)20-19-10/h3-7H,2H2,1H3,(H,17,22)(H3,15,19,20)/t7-/m1/s1. The van der Waals surface area contributed by atoms with Gasteiger partial charge in [-0.1, -0.05) is 18.5 Å². The molecule has 0 saturated carbocycles. The molecule has 0 unspecified atom stereocenters. The molecule has 0 saturated heterocycles. The van der Waals surface area contributed by atoms with Crippen LogP contribution in [0.5, 0.6) is 0 Å². The van der Waals surface area contributed by atoms with Gasteiger partial charge in [-0.15, -0.1) is 0 Å². The minimum Gasteiger partial charge on any atom is -0.381 e. The van der Waals surface area contributed by atoms with Crippen LogP contribution in [0.15, 0.2) is 24.7 Å². The Labute approximate surface area is 130 Å². The fourth-order valence-corrected chi connectivity index (χ4v) is 2.30. The lowest BCUT2D eigenvalue weighted by molar-refractivity contribution is 0.0930. The van der Waals surface area contributed by atoms with Gasteiger partial charge in [-0.05, 0) is 12.5 Å². The summed E-state index contributed by atoms with van der Waals surface area (Å²) in [7, 11) is 0. The molecule has 8 nitrogen and oxygen atoms in total. The molecule has 3 aromatic rings. The van der Waals surface area contributed by atoms with Gasteiger partial charge in [-0.2, -0.15) is 5.10 Å². The Morgan fingerprint density at radius 2 is 2.41 bits per heavy atom. The lowest BCUT2D eigenvalue weighted by atomic mass is 10.1. The molecular weight excluding hydrogens is 306 g/mol. The van der Waals surface area contributed by atoms with E-state index in [9.17, 15) is 4.79 Å². The van der Waals surface area contributed by atoms with Gasteiger partial charge >= 0.3 is 0 Å². The number of carbonyl (C=O) groups is 1. The van der Waals surface area contributed by atoms with Crippen LogP contribution < -0.4 is 11.1 Å². The van der Waals surface area contributed by atoms with Crippen molar-refractivity contribution in [2.45, 2.75) is 19.4 Å². The van der Waals surface area contributed by atoms with Crippen LogP contribution in [0, 0.1) is 0 Å². The molecule has 0 aliphatic carbocycles. The van der Waals surface area contributed by atoms with Crippen molar-refractivity contribution < 1.29 is 4.79 Å². The smallest absolute Gasteiger partial charge is 0.271 e. The second-order valence-corrected chi connectivity index (χ2v) is 5.10. The maximum absolute atomic E-state index is 12.3. The molecule has 0 bridgehead atoms. The number of rotatable bonds is 4. The summed E-state index contributed by atoms with van der Waals surface area (Å²) in [5, 5.41) is 9.21. The Hall–Kier alpha value is -2.61. The van der Waals surface area contributed by atoms with Crippen molar-refractivity contribution in [3.05, 3.63) is 41.1 Å². The quantitative estimate of drug-likeness (QED) is 0.675. The van der Waals surface area contributed by atoms with Gasteiger partial charge in [0.25, 0.3) is 5.91 Å². The lowest BCUT2D eigenvalue weighted by Gasteiger charge is -2.13. The molecule has 1 atom stereocenters. The summed E-state index contributed by atoms with van der Waals surface area (Å²) < 4.78 is 1.80. The number of nitrogens with zero attached hydrogens (tertiary/aromatic N) is 4. The number of amides is 1. The number of carbonyl (C=O) groups excluding carboxylic acids is 1. The van der Waals surface area contributed by atoms with E-state index in [4.69, 9.17) is 17.3 Å². The molecule has 3 rings (SSSR count). The number of aromatic amines is 1. The van der Waals surface area contributed by atoms with Crippen molar-refractivity contribution in [2.24, 2.45) is 0 Å². The van der Waals surface area contributed by atoms with Gasteiger partial charge in [0.2, 0.25) is 5.78 Å². The van der Waals surface area contributed by atoms with E-state index in [0.717, 1.165) is 5.69 Å². The zero-order valence-corrected chi connectivity index (χ0v) is 12.5. The van der Waals surface area contributed by atoms with Crippen LogP contribution in [0.4, 0.5) is 5.82 Å². The van der Waals surface area contributed by atoms with Crippen LogP contribution >= 0.6 is 11.6 Å². The van der Waals surface area contributed by atoms with E-state index in [0.29, 0.717) is 12.2 Å². The highest BCUT2D eigenvalue weighted by Gasteiger charge is 2.21. The van der Waals surface area contributed by atoms with Gasteiger partial charge in [-0.3, -0.25) is 14.3 Å². The van der Waals surface area contributed by atoms with E-state index in [2.05, 4.69) is 25.5 Å². The Balaban J connectivity index is 1.85. The minimum atomic E-state index is -0.383. The number of aromatic nitrogens is 5. The Bertz CT molecular complexity index is 792. The summed E-state index contributed by atoms with van der Waals surface area (Å²) in [6.07, 6.45) is 6.01. The van der Waals surface area contributed by atoms with Crippen LogP contribution in [-0.4, -0.2) is 30.5 Å². The fourth-order valence-electron chi connectivity index (χ4n) is 2.12. The molecule has 0 fully saturated rings. The largest absolute Gasteiger partial charge is 0.381 e. The summed E-state index contributed by atoms with van der Waals surface area (Å²) >= 11 is 5.93. The first kappa shape index (κ1) is 14.3. The van der Waals surface area contributed by atoms with E-state index in [1.54, 1.807) is 10.6 Å². The third-order valence-electron chi connectivity index (χ3n) is 3.28. The van der Waals surface area contributed by atoms with E-state index in [1.165, 1.54) is 0 Å². The minimum absolute atomic E-state index is 0.0943. The second kappa shape index (κ2) is 5.64. The highest BCUT2D eigenvalue weighted by atomic mass is 35.5. The van der Waals surface area contributed by atoms with E-state index < -0.39 is 0 Å². The summed E-state index contributed by atoms with van der Waals surface area (Å²) in [6.45, 7) is 1.95. The average Bonchev–Trinajstić information content (AvgIpc) is 3.09. The van der Waals surface area contributed by atoms with Crippen LogP contribution in [0.1, 0.15) is 35.6 Å². The molecule has 0 radical (unpaired) electrons. The number of nitrogens with two attached hydrogens (primary N) is 1. The fraction of sp³-hybridized carbons (Fsp3) is 0.231. The van der Waals surface area contributed by atoms with Crippen LogP contribution in [-0.2, 0) is 0 Å². The Kier molecular flexibility index (Phi) is 3.68. The highest BCUT2D eigenvalue weighted by molar-refractivity contribution is 6.35. The van der Waals surface area contributed by atoms with Crippen LogP contribution in [0.2, 0.25) is 5.02 Å². The summed E-state index contributed by atoms with van der Waals surface area (Å²) in [5.41, 5.74) is 6.38. The van der Waals surface area contributed by atoms with Gasteiger partial charge in [0, 0.05) is 18.6 Å². The number of H-pyrrole nitrogens is 1. The van der Waals surface area contributed by atoms with Gasteiger partial charge in [0.15, 0.2) is 5.82 Å². The molecule has 4 N–H and O–H groups in total. The van der Waals surface area contributed by atoms with Crippen molar-refractivity contribution in [1.29, 1.82) is 0 Å². The van der Waals surface area contributed by atoms with Gasteiger partial charge in [0.05, 0.1) is 11.7 Å². The number of imidazole rings is 1. The Morgan fingerprint density at radius 1 is 1.59 bits per heavy atom. The van der Waals surface area contributed by atoms with Gasteiger partial charge in [-0.25, -0.2) is 9.97 Å². The Morgan fingerprint density at radius 3 is 3.05 bits per heavy atom. The molecule has 0 aromatic carbocycles. The van der Waals surface area contributed by atoms with Crippen LogP contribution in [0.25, 0.3) is 5.78 Å². The summed E-state index contributed by atoms with van der Waals surface area (Å²) in [4.78, 5) is 20.8. The maximum atomic E-state index is 12.3. The zero-order chi connectivity index (χ0) is 15.7. The van der Waals surface area contributed by atoms with Crippen molar-refractivity contribution in [1.82, 2.24) is 29.9 Å². The third kappa shape index (κ3) is 2.48. The second-order valence-electron chi connectivity index (χ2n) is 4.72. The van der Waals surface area contributed by atoms with E-state index >= 15 is 0 Å². The van der Waals surface area contributed by atoms with Crippen molar-refractivity contribution in [3.8, 4) is 0 Å². The molecule has 0 aliphatic heterocycles. The van der Waals surface area contributed by atoms with Gasteiger partial charge in [0.1, 0.15) is 10.7 Å². The molecule has 0 spiro atoms. The van der Waals surface area contributed by atoms with E-state index in [-0.39, 0.29) is 28.5 Å². The first-order chi connectivity index (χ1) is 10.6. The number of halogens is 1. The van der Waals surface area contributed by atoms with E-state index in [1.807, 2.05) is 25.4 Å². The third-order valence-corrected chi connectivity index (χ3v) is 3.67. The number of hydrogen-bond donors (Lipinski definition) is 3. The molecule has 9 heteroatoms. The number of anilines is 1. The molecule has 0 aliphatic rings. The number of fused-ring (bicyclic) bond motifs is 1. The SMILES string of the molecule is CC[C@@H](NC(=O)c1[nH]nc(N)c1Cl)c1cn2cccnc2n1.